The van der Waals surface area contributed by atoms with Crippen molar-refractivity contribution in [1.82, 2.24) is 9.88 Å². The first-order chi connectivity index (χ1) is 19.7. The molecule has 2 heterocycles. The summed E-state index contributed by atoms with van der Waals surface area (Å²) in [6.07, 6.45) is 0.542. The molecule has 1 aromatic heterocycles. The zero-order chi connectivity index (χ0) is 29.5. The number of anilines is 1. The molecule has 10 heteroatoms. The standard InChI is InChI=1S/C31H32N4O6/c1-19(2)23(17-27(36)35-26(18-41-31(35)40)21-11-5-4-6-12-21)28(30(38)39)33-20(3)22-13-7-8-14-24(22)34-29(37)25-15-9-10-16-32-25/h4-16,19,23,26,28H,17-18H2,1-3H3,(H,34,37)(H,38,39)/t23-,26-,28+/m0/s1. The number of ether oxygens (including phenoxy) is 1. The highest BCUT2D eigenvalue weighted by molar-refractivity contribution is 6.10. The summed E-state index contributed by atoms with van der Waals surface area (Å²) >= 11 is 0. The van der Waals surface area contributed by atoms with Gasteiger partial charge < -0.3 is 15.2 Å². The second-order valence-electron chi connectivity index (χ2n) is 10.1. The minimum Gasteiger partial charge on any atom is -0.480 e. The van der Waals surface area contributed by atoms with Crippen LogP contribution < -0.4 is 5.32 Å². The van der Waals surface area contributed by atoms with E-state index >= 15 is 0 Å². The fraction of sp³-hybridized carbons (Fsp3) is 0.290. The lowest BCUT2D eigenvalue weighted by Crippen LogP contribution is -2.40. The van der Waals surface area contributed by atoms with E-state index in [0.29, 0.717) is 17.0 Å². The molecule has 2 N–H and O–H groups in total. The lowest BCUT2D eigenvalue weighted by Gasteiger charge is -2.28. The van der Waals surface area contributed by atoms with Crippen LogP contribution in [0.4, 0.5) is 10.5 Å². The van der Waals surface area contributed by atoms with E-state index in [2.05, 4.69) is 15.3 Å². The number of rotatable bonds is 10. The number of pyridine rings is 1. The van der Waals surface area contributed by atoms with Crippen LogP contribution >= 0.6 is 0 Å². The summed E-state index contributed by atoms with van der Waals surface area (Å²) in [6, 6.07) is 19.1. The number of carboxylic acid groups (broad SMARTS) is 1. The molecule has 0 saturated carbocycles. The Kier molecular flexibility index (Phi) is 9.23. The molecule has 0 spiro atoms. The van der Waals surface area contributed by atoms with Crippen molar-refractivity contribution in [2.45, 2.75) is 39.3 Å². The highest BCUT2D eigenvalue weighted by Crippen LogP contribution is 2.32. The zero-order valence-corrected chi connectivity index (χ0v) is 23.1. The third kappa shape index (κ3) is 6.84. The monoisotopic (exact) mass is 556 g/mol. The Hall–Kier alpha value is -4.86. The van der Waals surface area contributed by atoms with Crippen molar-refractivity contribution in [2.75, 3.05) is 11.9 Å². The van der Waals surface area contributed by atoms with Crippen molar-refractivity contribution in [3.05, 3.63) is 95.8 Å². The van der Waals surface area contributed by atoms with E-state index in [1.165, 1.54) is 6.20 Å². The first-order valence-electron chi connectivity index (χ1n) is 13.3. The van der Waals surface area contributed by atoms with Gasteiger partial charge in [-0.25, -0.2) is 14.5 Å². The summed E-state index contributed by atoms with van der Waals surface area (Å²) in [6.45, 7) is 5.32. The number of cyclic esters (lactones) is 1. The Morgan fingerprint density at radius 3 is 2.39 bits per heavy atom. The third-order valence-corrected chi connectivity index (χ3v) is 7.05. The molecule has 1 aliphatic heterocycles. The molecule has 1 saturated heterocycles. The molecule has 3 aromatic rings. The molecule has 0 bridgehead atoms. The van der Waals surface area contributed by atoms with E-state index in [9.17, 15) is 24.3 Å². The van der Waals surface area contributed by atoms with Crippen LogP contribution in [0.15, 0.2) is 84.0 Å². The molecule has 3 amide bonds. The van der Waals surface area contributed by atoms with Gasteiger partial charge in [0, 0.05) is 29.8 Å². The van der Waals surface area contributed by atoms with Gasteiger partial charge >= 0.3 is 12.1 Å². The summed E-state index contributed by atoms with van der Waals surface area (Å²) in [7, 11) is 0. The number of aliphatic imine (C=N–C) groups is 1. The minimum atomic E-state index is -1.28. The zero-order valence-electron chi connectivity index (χ0n) is 23.1. The Labute approximate surface area is 238 Å². The van der Waals surface area contributed by atoms with Gasteiger partial charge in [0.2, 0.25) is 5.91 Å². The van der Waals surface area contributed by atoms with Gasteiger partial charge in [-0.15, -0.1) is 0 Å². The number of nitrogens with one attached hydrogen (secondary N) is 1. The largest absolute Gasteiger partial charge is 0.480 e. The number of hydrogen-bond donors (Lipinski definition) is 2. The SMILES string of the molecule is CC(=N[C@@H](C(=O)O)[C@@H](CC(=O)N1C(=O)OC[C@H]1c1ccccc1)C(C)C)c1ccccc1NC(=O)c1ccccn1. The van der Waals surface area contributed by atoms with E-state index in [1.807, 2.05) is 44.2 Å². The van der Waals surface area contributed by atoms with Gasteiger partial charge in [0.1, 0.15) is 18.3 Å². The molecule has 1 aliphatic rings. The van der Waals surface area contributed by atoms with E-state index < -0.39 is 41.9 Å². The quantitative estimate of drug-likeness (QED) is 0.336. The van der Waals surface area contributed by atoms with Crippen LogP contribution in [-0.4, -0.2) is 57.2 Å². The van der Waals surface area contributed by atoms with E-state index in [1.54, 1.807) is 49.4 Å². The molecule has 212 valence electrons. The van der Waals surface area contributed by atoms with Crippen LogP contribution in [0.3, 0.4) is 0 Å². The predicted molar refractivity (Wildman–Crippen MR) is 153 cm³/mol. The van der Waals surface area contributed by atoms with E-state index in [4.69, 9.17) is 4.74 Å². The van der Waals surface area contributed by atoms with Gasteiger partial charge in [0.05, 0.1) is 5.69 Å². The summed E-state index contributed by atoms with van der Waals surface area (Å²) in [4.78, 5) is 61.0. The predicted octanol–water partition coefficient (Wildman–Crippen LogP) is 4.98. The van der Waals surface area contributed by atoms with Crippen LogP contribution in [0.5, 0.6) is 0 Å². The van der Waals surface area contributed by atoms with Crippen LogP contribution in [0.2, 0.25) is 0 Å². The van der Waals surface area contributed by atoms with Gasteiger partial charge in [0.25, 0.3) is 5.91 Å². The van der Waals surface area contributed by atoms with Crippen molar-refractivity contribution in [2.24, 2.45) is 16.8 Å². The van der Waals surface area contributed by atoms with Gasteiger partial charge in [-0.05, 0) is 36.6 Å². The summed E-state index contributed by atoms with van der Waals surface area (Å²) in [5.41, 5.74) is 2.32. The van der Waals surface area contributed by atoms with Crippen molar-refractivity contribution in [3.8, 4) is 0 Å². The lowest BCUT2D eigenvalue weighted by molar-refractivity contribution is -0.141. The highest BCUT2D eigenvalue weighted by atomic mass is 16.6. The molecule has 41 heavy (non-hydrogen) atoms. The van der Waals surface area contributed by atoms with Crippen LogP contribution in [-0.2, 0) is 14.3 Å². The first kappa shape index (κ1) is 29.1. The Morgan fingerprint density at radius 1 is 1.05 bits per heavy atom. The number of nitrogens with zero attached hydrogens (tertiary/aromatic N) is 3. The molecule has 2 aromatic carbocycles. The number of amides is 3. The van der Waals surface area contributed by atoms with Crippen LogP contribution in [0.1, 0.15) is 54.8 Å². The smallest absolute Gasteiger partial charge is 0.417 e. The maximum absolute atomic E-state index is 13.5. The summed E-state index contributed by atoms with van der Waals surface area (Å²) < 4.78 is 5.19. The number of para-hydroxylation sites is 1. The molecule has 1 fully saturated rings. The van der Waals surface area contributed by atoms with Crippen molar-refractivity contribution in [1.29, 1.82) is 0 Å². The fourth-order valence-corrected chi connectivity index (χ4v) is 4.83. The number of carbonyl (C=O) groups is 4. The van der Waals surface area contributed by atoms with E-state index in [0.717, 1.165) is 10.5 Å². The van der Waals surface area contributed by atoms with Crippen LogP contribution in [0.25, 0.3) is 0 Å². The second-order valence-corrected chi connectivity index (χ2v) is 10.1. The number of imide groups is 1. The normalized spacial score (nSPS) is 16.7. The van der Waals surface area contributed by atoms with Gasteiger partial charge in [0.15, 0.2) is 6.04 Å². The van der Waals surface area contributed by atoms with Gasteiger partial charge in [-0.1, -0.05) is 68.4 Å². The number of hydrogen-bond acceptors (Lipinski definition) is 7. The van der Waals surface area contributed by atoms with Gasteiger partial charge in [-0.2, -0.15) is 0 Å². The van der Waals surface area contributed by atoms with Crippen molar-refractivity contribution >= 4 is 35.3 Å². The number of benzene rings is 2. The lowest BCUT2D eigenvalue weighted by atomic mass is 9.85. The molecular weight excluding hydrogens is 524 g/mol. The number of carbonyl (C=O) groups excluding carboxylic acids is 3. The van der Waals surface area contributed by atoms with Crippen molar-refractivity contribution in [3.63, 3.8) is 0 Å². The minimum absolute atomic E-state index is 0.0293. The first-order valence-corrected chi connectivity index (χ1v) is 13.3. The number of carboxylic acids is 1. The summed E-state index contributed by atoms with van der Waals surface area (Å²) in [5, 5.41) is 13.0. The molecule has 3 atom stereocenters. The fourth-order valence-electron chi connectivity index (χ4n) is 4.83. The number of aliphatic carboxylic acids is 1. The van der Waals surface area contributed by atoms with Crippen LogP contribution in [0, 0.1) is 11.8 Å². The number of aromatic nitrogens is 1. The highest BCUT2D eigenvalue weighted by Gasteiger charge is 2.41. The molecule has 4 rings (SSSR count). The molecule has 0 radical (unpaired) electrons. The summed E-state index contributed by atoms with van der Waals surface area (Å²) in [5.74, 6) is -3.13. The maximum atomic E-state index is 13.5. The van der Waals surface area contributed by atoms with Gasteiger partial charge in [-0.3, -0.25) is 19.6 Å². The second kappa shape index (κ2) is 13.0. The Morgan fingerprint density at radius 2 is 1.73 bits per heavy atom. The topological polar surface area (TPSA) is 138 Å². The average molecular weight is 557 g/mol. The molecule has 10 nitrogen and oxygen atoms in total. The average Bonchev–Trinajstić information content (AvgIpc) is 3.37. The Bertz CT molecular complexity index is 1440. The third-order valence-electron chi connectivity index (χ3n) is 7.05. The van der Waals surface area contributed by atoms with Crippen molar-refractivity contribution < 1.29 is 29.0 Å². The molecular formula is C31H32N4O6. The Balaban J connectivity index is 1.59. The maximum Gasteiger partial charge on any atom is 0.417 e. The van der Waals surface area contributed by atoms with E-state index in [-0.39, 0.29) is 24.6 Å². The molecule has 0 aliphatic carbocycles. The molecule has 0 unspecified atom stereocenters.